The number of β-amino-alcohol motifs (C(OH)–C–C–N with tert-alkyl or cyclic N) is 2. The third-order valence-corrected chi connectivity index (χ3v) is 2.58. The lowest BCUT2D eigenvalue weighted by Crippen LogP contribution is -2.23. The van der Waals surface area contributed by atoms with Gasteiger partial charge in [-0.25, -0.2) is 4.98 Å². The summed E-state index contributed by atoms with van der Waals surface area (Å²) in [5, 5.41) is 18.9. The lowest BCUT2D eigenvalue weighted by Gasteiger charge is -2.18. The first-order valence-electron chi connectivity index (χ1n) is 4.89. The van der Waals surface area contributed by atoms with Crippen molar-refractivity contribution in [2.45, 2.75) is 12.2 Å². The van der Waals surface area contributed by atoms with E-state index in [1.165, 1.54) is 13.4 Å². The van der Waals surface area contributed by atoms with Gasteiger partial charge in [-0.3, -0.25) is 0 Å². The number of ether oxygens (including phenoxy) is 1. The zero-order valence-corrected chi connectivity index (χ0v) is 8.87. The molecule has 1 aromatic rings. The van der Waals surface area contributed by atoms with Crippen molar-refractivity contribution in [2.75, 3.05) is 30.8 Å². The zero-order valence-electron chi connectivity index (χ0n) is 8.87. The highest BCUT2D eigenvalue weighted by Gasteiger charge is 2.31. The molecule has 2 rings (SSSR count). The van der Waals surface area contributed by atoms with Gasteiger partial charge in [-0.2, -0.15) is 4.98 Å². The highest BCUT2D eigenvalue weighted by atomic mass is 16.5. The third kappa shape index (κ3) is 1.74. The molecule has 1 fully saturated rings. The summed E-state index contributed by atoms with van der Waals surface area (Å²) < 4.78 is 4.97. The molecule has 1 saturated heterocycles. The van der Waals surface area contributed by atoms with Crippen LogP contribution in [0.4, 0.5) is 11.5 Å². The molecule has 2 heterocycles. The minimum atomic E-state index is -0.777. The fourth-order valence-electron chi connectivity index (χ4n) is 1.73. The molecule has 0 saturated carbocycles. The quantitative estimate of drug-likeness (QED) is 0.570. The topological polar surface area (TPSA) is 105 Å². The van der Waals surface area contributed by atoms with E-state index in [9.17, 15) is 10.2 Å². The minimum absolute atomic E-state index is 0.292. The monoisotopic (exact) mass is 226 g/mol. The molecule has 7 heteroatoms. The molecule has 1 aliphatic rings. The van der Waals surface area contributed by atoms with Crippen molar-refractivity contribution in [3.63, 3.8) is 0 Å². The summed E-state index contributed by atoms with van der Waals surface area (Å²) in [7, 11) is 1.47. The van der Waals surface area contributed by atoms with Gasteiger partial charge in [0.05, 0.1) is 19.3 Å². The van der Waals surface area contributed by atoms with Crippen LogP contribution < -0.4 is 15.4 Å². The van der Waals surface area contributed by atoms with Gasteiger partial charge < -0.3 is 25.6 Å². The second kappa shape index (κ2) is 4.11. The van der Waals surface area contributed by atoms with Crippen molar-refractivity contribution in [1.82, 2.24) is 9.97 Å². The van der Waals surface area contributed by atoms with Crippen molar-refractivity contribution in [3.05, 3.63) is 6.33 Å². The lowest BCUT2D eigenvalue weighted by atomic mass is 10.3. The van der Waals surface area contributed by atoms with Crippen LogP contribution in [0, 0.1) is 0 Å². The van der Waals surface area contributed by atoms with Crippen LogP contribution in [-0.2, 0) is 0 Å². The first-order valence-corrected chi connectivity index (χ1v) is 4.89. The number of hydrogen-bond acceptors (Lipinski definition) is 7. The van der Waals surface area contributed by atoms with E-state index >= 15 is 0 Å². The Kier molecular flexibility index (Phi) is 2.80. The summed E-state index contributed by atoms with van der Waals surface area (Å²) in [6, 6.07) is 0. The van der Waals surface area contributed by atoms with Crippen molar-refractivity contribution in [3.8, 4) is 5.88 Å². The van der Waals surface area contributed by atoms with E-state index in [4.69, 9.17) is 10.5 Å². The van der Waals surface area contributed by atoms with Gasteiger partial charge in [-0.05, 0) is 0 Å². The Balaban J connectivity index is 2.28. The summed E-state index contributed by atoms with van der Waals surface area (Å²) in [5.41, 5.74) is 6.12. The molecule has 1 aromatic heterocycles. The summed E-state index contributed by atoms with van der Waals surface area (Å²) in [6.45, 7) is 0.594. The van der Waals surface area contributed by atoms with Crippen LogP contribution in [0.15, 0.2) is 6.33 Å². The number of nitrogens with zero attached hydrogens (tertiary/aromatic N) is 3. The summed E-state index contributed by atoms with van der Waals surface area (Å²) in [4.78, 5) is 9.59. The van der Waals surface area contributed by atoms with Crippen molar-refractivity contribution in [2.24, 2.45) is 0 Å². The Labute approximate surface area is 92.5 Å². The number of aliphatic hydroxyl groups is 2. The van der Waals surface area contributed by atoms with E-state index < -0.39 is 12.2 Å². The van der Waals surface area contributed by atoms with Crippen LogP contribution >= 0.6 is 0 Å². The van der Waals surface area contributed by atoms with Gasteiger partial charge in [0.25, 0.3) is 0 Å². The number of nitrogens with two attached hydrogens (primary N) is 1. The molecule has 16 heavy (non-hydrogen) atoms. The highest BCUT2D eigenvalue weighted by Crippen LogP contribution is 2.29. The average Bonchev–Trinajstić information content (AvgIpc) is 2.59. The van der Waals surface area contributed by atoms with Crippen molar-refractivity contribution >= 4 is 11.5 Å². The van der Waals surface area contributed by atoms with E-state index in [0.717, 1.165) is 0 Å². The molecule has 7 nitrogen and oxygen atoms in total. The van der Waals surface area contributed by atoms with Crippen molar-refractivity contribution in [1.29, 1.82) is 0 Å². The molecule has 2 unspecified atom stereocenters. The molecule has 1 aliphatic heterocycles. The van der Waals surface area contributed by atoms with Crippen molar-refractivity contribution < 1.29 is 14.9 Å². The number of rotatable bonds is 2. The standard InChI is InChI=1S/C9H14N4O3/c1-16-9-7(10)8(11-4-12-9)13-2-5(14)6(15)3-13/h4-6,14-15H,2-3,10H2,1H3. The Hall–Kier alpha value is -1.60. The van der Waals surface area contributed by atoms with Crippen LogP contribution in [-0.4, -0.2) is 52.6 Å². The van der Waals surface area contributed by atoms with Crippen LogP contribution in [0.1, 0.15) is 0 Å². The van der Waals surface area contributed by atoms with Crippen LogP contribution in [0.5, 0.6) is 5.88 Å². The Morgan fingerprint density at radius 2 is 2.00 bits per heavy atom. The Bertz CT molecular complexity index is 377. The number of methoxy groups -OCH3 is 1. The SMILES string of the molecule is COc1ncnc(N2CC(O)C(O)C2)c1N. The number of anilines is 2. The van der Waals surface area contributed by atoms with Gasteiger partial charge in [0.1, 0.15) is 12.0 Å². The normalized spacial score (nSPS) is 24.8. The maximum Gasteiger partial charge on any atom is 0.242 e. The predicted molar refractivity (Wildman–Crippen MR) is 57.2 cm³/mol. The second-order valence-corrected chi connectivity index (χ2v) is 3.66. The van der Waals surface area contributed by atoms with E-state index in [-0.39, 0.29) is 0 Å². The first kappa shape index (κ1) is 10.9. The Morgan fingerprint density at radius 1 is 1.38 bits per heavy atom. The molecule has 0 aromatic carbocycles. The van der Waals surface area contributed by atoms with Gasteiger partial charge >= 0.3 is 0 Å². The summed E-state index contributed by atoms with van der Waals surface area (Å²) >= 11 is 0. The van der Waals surface area contributed by atoms with Crippen LogP contribution in [0.3, 0.4) is 0 Å². The lowest BCUT2D eigenvalue weighted by molar-refractivity contribution is 0.0572. The molecule has 0 radical (unpaired) electrons. The summed E-state index contributed by atoms with van der Waals surface area (Å²) in [6.07, 6.45) is -0.220. The van der Waals surface area contributed by atoms with Gasteiger partial charge in [-0.1, -0.05) is 0 Å². The van der Waals surface area contributed by atoms with E-state index in [1.54, 1.807) is 4.90 Å². The zero-order chi connectivity index (χ0) is 11.7. The second-order valence-electron chi connectivity index (χ2n) is 3.66. The van der Waals surface area contributed by atoms with E-state index in [2.05, 4.69) is 9.97 Å². The molecule has 0 aliphatic carbocycles. The maximum atomic E-state index is 9.44. The molecular weight excluding hydrogens is 212 g/mol. The first-order chi connectivity index (χ1) is 7.63. The average molecular weight is 226 g/mol. The Morgan fingerprint density at radius 3 is 2.56 bits per heavy atom. The van der Waals surface area contributed by atoms with Gasteiger partial charge in [0, 0.05) is 13.1 Å². The number of aliphatic hydroxyl groups excluding tert-OH is 2. The smallest absolute Gasteiger partial charge is 0.242 e. The molecule has 2 atom stereocenters. The van der Waals surface area contributed by atoms with E-state index in [0.29, 0.717) is 30.5 Å². The number of aromatic nitrogens is 2. The number of hydrogen-bond donors (Lipinski definition) is 3. The predicted octanol–water partition coefficient (Wildman–Crippen LogP) is -1.39. The summed E-state index contributed by atoms with van der Waals surface area (Å²) in [5.74, 6) is 0.767. The molecule has 0 spiro atoms. The molecule has 4 N–H and O–H groups in total. The minimum Gasteiger partial charge on any atom is -0.479 e. The molecule has 0 amide bonds. The molecular formula is C9H14N4O3. The highest BCUT2D eigenvalue weighted by molar-refractivity contribution is 5.68. The third-order valence-electron chi connectivity index (χ3n) is 2.58. The molecule has 88 valence electrons. The largest absolute Gasteiger partial charge is 0.479 e. The van der Waals surface area contributed by atoms with Crippen LogP contribution in [0.2, 0.25) is 0 Å². The van der Waals surface area contributed by atoms with Gasteiger partial charge in [-0.15, -0.1) is 0 Å². The van der Waals surface area contributed by atoms with Crippen LogP contribution in [0.25, 0.3) is 0 Å². The van der Waals surface area contributed by atoms with E-state index in [1.807, 2.05) is 0 Å². The van der Waals surface area contributed by atoms with Gasteiger partial charge in [0.2, 0.25) is 5.88 Å². The van der Waals surface area contributed by atoms with Gasteiger partial charge in [0.15, 0.2) is 5.82 Å². The fourth-order valence-corrected chi connectivity index (χ4v) is 1.73. The fraction of sp³-hybridized carbons (Fsp3) is 0.556. The number of nitrogen functional groups attached to an aromatic ring is 1. The molecule has 0 bridgehead atoms. The maximum absolute atomic E-state index is 9.44.